The van der Waals surface area contributed by atoms with Crippen LogP contribution in [0.15, 0.2) is 48.6 Å². The zero-order valence-electron chi connectivity index (χ0n) is 16.6. The zero-order valence-corrected chi connectivity index (χ0v) is 16.6. The molecule has 0 aliphatic carbocycles. The molecule has 2 aromatic rings. The highest BCUT2D eigenvalue weighted by molar-refractivity contribution is 6.10. The molecule has 6 nitrogen and oxygen atoms in total. The number of ether oxygens (including phenoxy) is 2. The molecule has 0 atom stereocenters. The second-order valence-electron chi connectivity index (χ2n) is 6.60. The SMILES string of the molecule is COc1cc(/C=C/C(=O)CC(=O)/C=C/c2ccc(O)c(OC(C)C)c2)ccc1O. The molecule has 0 heterocycles. The maximum absolute atomic E-state index is 12.0. The van der Waals surface area contributed by atoms with Gasteiger partial charge in [0.2, 0.25) is 0 Å². The number of benzene rings is 2. The molecule has 2 aromatic carbocycles. The van der Waals surface area contributed by atoms with Crippen LogP contribution >= 0.6 is 0 Å². The number of carbonyl (C=O) groups is 2. The summed E-state index contributed by atoms with van der Waals surface area (Å²) in [5.74, 6) is -0.0318. The van der Waals surface area contributed by atoms with E-state index in [0.717, 1.165) is 0 Å². The lowest BCUT2D eigenvalue weighted by molar-refractivity contribution is -0.121. The highest BCUT2D eigenvalue weighted by Crippen LogP contribution is 2.28. The largest absolute Gasteiger partial charge is 0.504 e. The Balaban J connectivity index is 1.97. The van der Waals surface area contributed by atoms with Gasteiger partial charge in [0.25, 0.3) is 0 Å². The Morgan fingerprint density at radius 3 is 1.86 bits per heavy atom. The van der Waals surface area contributed by atoms with E-state index in [2.05, 4.69) is 0 Å². The maximum Gasteiger partial charge on any atom is 0.163 e. The first kappa shape index (κ1) is 21.8. The quantitative estimate of drug-likeness (QED) is 0.489. The number of phenolic OH excluding ortho intramolecular Hbond substituents is 2. The second kappa shape index (κ2) is 10.1. The summed E-state index contributed by atoms with van der Waals surface area (Å²) in [6, 6.07) is 9.44. The molecule has 0 radical (unpaired) electrons. The number of methoxy groups -OCH3 is 1. The lowest BCUT2D eigenvalue weighted by Crippen LogP contribution is -2.05. The minimum Gasteiger partial charge on any atom is -0.504 e. The summed E-state index contributed by atoms with van der Waals surface area (Å²) in [7, 11) is 1.44. The molecule has 29 heavy (non-hydrogen) atoms. The summed E-state index contributed by atoms with van der Waals surface area (Å²) >= 11 is 0. The number of ketones is 2. The summed E-state index contributed by atoms with van der Waals surface area (Å²) in [5, 5.41) is 19.4. The smallest absolute Gasteiger partial charge is 0.163 e. The minimum absolute atomic E-state index is 0.00692. The van der Waals surface area contributed by atoms with E-state index in [1.165, 1.54) is 31.4 Å². The van der Waals surface area contributed by atoms with Crippen molar-refractivity contribution in [1.82, 2.24) is 0 Å². The van der Waals surface area contributed by atoms with Crippen LogP contribution in [0.5, 0.6) is 23.0 Å². The van der Waals surface area contributed by atoms with Crippen molar-refractivity contribution in [2.45, 2.75) is 26.4 Å². The first-order valence-electron chi connectivity index (χ1n) is 9.07. The average Bonchev–Trinajstić information content (AvgIpc) is 2.67. The zero-order chi connectivity index (χ0) is 21.4. The van der Waals surface area contributed by atoms with Crippen LogP contribution in [-0.2, 0) is 9.59 Å². The molecule has 0 amide bonds. The Labute approximate surface area is 169 Å². The second-order valence-corrected chi connectivity index (χ2v) is 6.60. The third-order valence-electron chi connectivity index (χ3n) is 3.82. The van der Waals surface area contributed by atoms with Gasteiger partial charge in [-0.05, 0) is 61.4 Å². The van der Waals surface area contributed by atoms with Crippen molar-refractivity contribution in [2.75, 3.05) is 7.11 Å². The van der Waals surface area contributed by atoms with Crippen LogP contribution in [0.1, 0.15) is 31.4 Å². The third kappa shape index (κ3) is 6.84. The van der Waals surface area contributed by atoms with Crippen LogP contribution in [0, 0.1) is 0 Å². The summed E-state index contributed by atoms with van der Waals surface area (Å²) < 4.78 is 10.5. The number of hydrogen-bond acceptors (Lipinski definition) is 6. The molecule has 0 aliphatic heterocycles. The van der Waals surface area contributed by atoms with Crippen LogP contribution in [0.2, 0.25) is 0 Å². The number of allylic oxidation sites excluding steroid dienone is 2. The summed E-state index contributed by atoms with van der Waals surface area (Å²) in [4.78, 5) is 24.0. The standard InChI is InChI=1S/C23H24O6/c1-15(2)29-23-13-17(7-11-21(23)27)5-9-19(25)14-18(24)8-4-16-6-10-20(26)22(12-16)28-3/h4-13,15,26-27H,14H2,1-3H3/b8-4+,9-5+. The van der Waals surface area contributed by atoms with E-state index < -0.39 is 0 Å². The van der Waals surface area contributed by atoms with Gasteiger partial charge in [-0.25, -0.2) is 0 Å². The Kier molecular flexibility index (Phi) is 7.60. The molecule has 0 saturated carbocycles. The summed E-state index contributed by atoms with van der Waals surface area (Å²) in [6.07, 6.45) is 5.39. The monoisotopic (exact) mass is 396 g/mol. The Morgan fingerprint density at radius 1 is 0.897 bits per heavy atom. The summed E-state index contributed by atoms with van der Waals surface area (Å²) in [5.41, 5.74) is 1.34. The van der Waals surface area contributed by atoms with Crippen molar-refractivity contribution in [3.05, 3.63) is 59.7 Å². The van der Waals surface area contributed by atoms with Gasteiger partial charge in [0, 0.05) is 0 Å². The van der Waals surface area contributed by atoms with E-state index >= 15 is 0 Å². The number of aromatic hydroxyl groups is 2. The molecule has 2 N–H and O–H groups in total. The van der Waals surface area contributed by atoms with E-state index in [1.807, 2.05) is 13.8 Å². The van der Waals surface area contributed by atoms with Crippen LogP contribution in [0.4, 0.5) is 0 Å². The molecule has 6 heteroatoms. The third-order valence-corrected chi connectivity index (χ3v) is 3.82. The van der Waals surface area contributed by atoms with E-state index in [9.17, 15) is 19.8 Å². The number of carbonyl (C=O) groups excluding carboxylic acids is 2. The van der Waals surface area contributed by atoms with Crippen molar-refractivity contribution in [2.24, 2.45) is 0 Å². The molecular formula is C23H24O6. The van der Waals surface area contributed by atoms with Crippen molar-refractivity contribution < 1.29 is 29.3 Å². The van der Waals surface area contributed by atoms with Crippen LogP contribution in [0.25, 0.3) is 12.2 Å². The lowest BCUT2D eigenvalue weighted by atomic mass is 10.1. The van der Waals surface area contributed by atoms with E-state index in [1.54, 1.807) is 36.4 Å². The van der Waals surface area contributed by atoms with Crippen molar-refractivity contribution in [3.63, 3.8) is 0 Å². The predicted octanol–water partition coefficient (Wildman–Crippen LogP) is 4.15. The predicted molar refractivity (Wildman–Crippen MR) is 111 cm³/mol. The first-order chi connectivity index (χ1) is 13.8. The fraction of sp³-hybridized carbons (Fsp3) is 0.217. The molecule has 2 rings (SSSR count). The van der Waals surface area contributed by atoms with E-state index in [4.69, 9.17) is 9.47 Å². The Morgan fingerprint density at radius 2 is 1.38 bits per heavy atom. The van der Waals surface area contributed by atoms with E-state index in [-0.39, 0.29) is 35.6 Å². The fourth-order valence-corrected chi connectivity index (χ4v) is 2.45. The van der Waals surface area contributed by atoms with Gasteiger partial charge in [-0.3, -0.25) is 9.59 Å². The number of rotatable bonds is 9. The van der Waals surface area contributed by atoms with E-state index in [0.29, 0.717) is 22.6 Å². The molecule has 0 unspecified atom stereocenters. The van der Waals surface area contributed by atoms with Crippen LogP contribution in [0.3, 0.4) is 0 Å². The van der Waals surface area contributed by atoms with Crippen LogP contribution in [-0.4, -0.2) is 35.0 Å². The fourth-order valence-electron chi connectivity index (χ4n) is 2.45. The molecule has 0 aliphatic rings. The van der Waals surface area contributed by atoms with Crippen molar-refractivity contribution in [1.29, 1.82) is 0 Å². The Bertz CT molecular complexity index is 940. The molecule has 0 fully saturated rings. The van der Waals surface area contributed by atoms with Crippen LogP contribution < -0.4 is 9.47 Å². The van der Waals surface area contributed by atoms with Gasteiger partial charge in [-0.2, -0.15) is 0 Å². The van der Waals surface area contributed by atoms with Crippen molar-refractivity contribution in [3.8, 4) is 23.0 Å². The van der Waals surface area contributed by atoms with Gasteiger partial charge < -0.3 is 19.7 Å². The van der Waals surface area contributed by atoms with Gasteiger partial charge in [-0.15, -0.1) is 0 Å². The highest BCUT2D eigenvalue weighted by Gasteiger charge is 2.07. The van der Waals surface area contributed by atoms with Gasteiger partial charge in [0.05, 0.1) is 19.6 Å². The van der Waals surface area contributed by atoms with Crippen molar-refractivity contribution >= 4 is 23.7 Å². The first-order valence-corrected chi connectivity index (χ1v) is 9.07. The lowest BCUT2D eigenvalue weighted by Gasteiger charge is -2.11. The molecule has 152 valence electrons. The van der Waals surface area contributed by atoms with Gasteiger partial charge >= 0.3 is 0 Å². The Hall–Kier alpha value is -3.54. The highest BCUT2D eigenvalue weighted by atomic mass is 16.5. The topological polar surface area (TPSA) is 93.1 Å². The number of hydrogen-bond donors (Lipinski definition) is 2. The van der Waals surface area contributed by atoms with Gasteiger partial charge in [-0.1, -0.05) is 24.3 Å². The van der Waals surface area contributed by atoms with Gasteiger partial charge in [0.1, 0.15) is 0 Å². The average molecular weight is 396 g/mol. The molecule has 0 saturated heterocycles. The molecular weight excluding hydrogens is 372 g/mol. The normalized spacial score (nSPS) is 11.3. The molecule has 0 aromatic heterocycles. The molecule has 0 spiro atoms. The maximum atomic E-state index is 12.0. The number of phenols is 2. The van der Waals surface area contributed by atoms with Gasteiger partial charge in [0.15, 0.2) is 34.6 Å². The molecule has 0 bridgehead atoms. The summed E-state index contributed by atoms with van der Waals surface area (Å²) in [6.45, 7) is 3.69. The minimum atomic E-state index is -0.346.